The van der Waals surface area contributed by atoms with Crippen molar-refractivity contribution in [1.29, 1.82) is 0 Å². The average Bonchev–Trinajstić information content (AvgIpc) is 2.99. The lowest BCUT2D eigenvalue weighted by atomic mass is 10.2. The summed E-state index contributed by atoms with van der Waals surface area (Å²) >= 11 is 0. The first-order valence-corrected chi connectivity index (χ1v) is 6.60. The summed E-state index contributed by atoms with van der Waals surface area (Å²) < 4.78 is 5.09. The molecule has 1 aliphatic heterocycles. The predicted molar refractivity (Wildman–Crippen MR) is 68.5 cm³/mol. The molecule has 0 aliphatic carbocycles. The van der Waals surface area contributed by atoms with E-state index in [4.69, 9.17) is 4.42 Å². The van der Waals surface area contributed by atoms with Gasteiger partial charge in [-0.3, -0.25) is 9.69 Å². The number of oxazole rings is 1. The minimum Gasteiger partial charge on any atom is -0.448 e. The summed E-state index contributed by atoms with van der Waals surface area (Å²) in [6.07, 6.45) is 2.38. The number of aryl methyl sites for hydroxylation is 1. The third-order valence-corrected chi connectivity index (χ3v) is 3.73. The van der Waals surface area contributed by atoms with Gasteiger partial charge < -0.3 is 9.32 Å². The Morgan fingerprint density at radius 2 is 2.28 bits per heavy atom. The Balaban J connectivity index is 2.01. The fraction of sp³-hybridized carbons (Fsp3) is 0.692. The van der Waals surface area contributed by atoms with Crippen molar-refractivity contribution in [2.45, 2.75) is 33.2 Å². The Morgan fingerprint density at radius 3 is 2.83 bits per heavy atom. The van der Waals surface area contributed by atoms with Crippen molar-refractivity contribution in [3.05, 3.63) is 17.8 Å². The number of rotatable bonds is 4. The van der Waals surface area contributed by atoms with E-state index in [9.17, 15) is 4.79 Å². The quantitative estimate of drug-likeness (QED) is 0.814. The number of carbonyl (C=O) groups is 1. The first-order chi connectivity index (χ1) is 8.67. The zero-order valence-corrected chi connectivity index (χ0v) is 11.3. The maximum Gasteiger partial charge on any atom is 0.276 e. The van der Waals surface area contributed by atoms with Crippen LogP contribution in [0.1, 0.15) is 36.5 Å². The minimum atomic E-state index is -0.00379. The molecule has 100 valence electrons. The number of likely N-dealkylation sites (tertiary alicyclic amines) is 1. The highest BCUT2D eigenvalue weighted by Crippen LogP contribution is 2.18. The van der Waals surface area contributed by atoms with Gasteiger partial charge in [0, 0.05) is 19.1 Å². The van der Waals surface area contributed by atoms with E-state index in [1.165, 1.54) is 6.39 Å². The lowest BCUT2D eigenvalue weighted by Gasteiger charge is -2.25. The zero-order valence-electron chi connectivity index (χ0n) is 11.3. The van der Waals surface area contributed by atoms with Crippen LogP contribution in [0.5, 0.6) is 0 Å². The Kier molecular flexibility index (Phi) is 4.01. The van der Waals surface area contributed by atoms with Gasteiger partial charge in [-0.05, 0) is 26.4 Å². The maximum absolute atomic E-state index is 12.3. The monoisotopic (exact) mass is 251 g/mol. The van der Waals surface area contributed by atoms with Crippen LogP contribution >= 0.6 is 0 Å². The molecule has 1 saturated heterocycles. The summed E-state index contributed by atoms with van der Waals surface area (Å²) in [4.78, 5) is 20.5. The molecule has 2 rings (SSSR count). The number of hydrogen-bond acceptors (Lipinski definition) is 4. The standard InChI is InChI=1S/C13H21N3O2/c1-4-15(5-2)11-6-7-16(8-11)13(17)12-10(3)18-9-14-12/h9,11H,4-8H2,1-3H3. The molecule has 1 aromatic heterocycles. The van der Waals surface area contributed by atoms with Crippen molar-refractivity contribution in [1.82, 2.24) is 14.8 Å². The summed E-state index contributed by atoms with van der Waals surface area (Å²) in [5.74, 6) is 0.599. The molecule has 0 bridgehead atoms. The number of amides is 1. The minimum absolute atomic E-state index is 0.00379. The van der Waals surface area contributed by atoms with Crippen molar-refractivity contribution in [3.8, 4) is 0 Å². The molecule has 5 nitrogen and oxygen atoms in total. The summed E-state index contributed by atoms with van der Waals surface area (Å²) in [5.41, 5.74) is 0.454. The Bertz CT molecular complexity index is 412. The highest BCUT2D eigenvalue weighted by atomic mass is 16.3. The van der Waals surface area contributed by atoms with Crippen LogP contribution in [0, 0.1) is 6.92 Å². The van der Waals surface area contributed by atoms with E-state index < -0.39 is 0 Å². The van der Waals surface area contributed by atoms with Crippen LogP contribution in [0.4, 0.5) is 0 Å². The largest absolute Gasteiger partial charge is 0.448 e. The molecule has 2 heterocycles. The van der Waals surface area contributed by atoms with Gasteiger partial charge >= 0.3 is 0 Å². The van der Waals surface area contributed by atoms with Gasteiger partial charge in [-0.15, -0.1) is 0 Å². The second kappa shape index (κ2) is 5.52. The molecular weight excluding hydrogens is 230 g/mol. The average molecular weight is 251 g/mol. The van der Waals surface area contributed by atoms with E-state index in [2.05, 4.69) is 23.7 Å². The van der Waals surface area contributed by atoms with Crippen LogP contribution < -0.4 is 0 Å². The third kappa shape index (κ3) is 2.41. The third-order valence-electron chi connectivity index (χ3n) is 3.73. The number of carbonyl (C=O) groups excluding carboxylic acids is 1. The van der Waals surface area contributed by atoms with Crippen LogP contribution in [0.2, 0.25) is 0 Å². The van der Waals surface area contributed by atoms with Crippen molar-refractivity contribution < 1.29 is 9.21 Å². The molecular formula is C13H21N3O2. The zero-order chi connectivity index (χ0) is 13.1. The first-order valence-electron chi connectivity index (χ1n) is 6.60. The maximum atomic E-state index is 12.3. The normalized spacial score (nSPS) is 19.8. The topological polar surface area (TPSA) is 49.6 Å². The second-order valence-electron chi connectivity index (χ2n) is 4.67. The summed E-state index contributed by atoms with van der Waals surface area (Å²) in [6, 6.07) is 0.483. The van der Waals surface area contributed by atoms with Gasteiger partial charge in [0.25, 0.3) is 5.91 Å². The summed E-state index contributed by atoms with van der Waals surface area (Å²) in [5, 5.41) is 0. The van der Waals surface area contributed by atoms with Crippen molar-refractivity contribution >= 4 is 5.91 Å². The Labute approximate surface area is 108 Å². The molecule has 0 spiro atoms. The highest BCUT2D eigenvalue weighted by Gasteiger charge is 2.31. The Hall–Kier alpha value is -1.36. The van der Waals surface area contributed by atoms with Crippen molar-refractivity contribution in [2.24, 2.45) is 0 Å². The van der Waals surface area contributed by atoms with Gasteiger partial charge in [0.1, 0.15) is 5.76 Å². The van der Waals surface area contributed by atoms with Gasteiger partial charge in [-0.25, -0.2) is 4.98 Å². The lowest BCUT2D eigenvalue weighted by Crippen LogP contribution is -2.38. The second-order valence-corrected chi connectivity index (χ2v) is 4.67. The van der Waals surface area contributed by atoms with E-state index in [1.54, 1.807) is 6.92 Å². The molecule has 18 heavy (non-hydrogen) atoms. The molecule has 1 aromatic rings. The molecule has 1 fully saturated rings. The SMILES string of the molecule is CCN(CC)C1CCN(C(=O)c2ncoc2C)C1. The number of nitrogens with zero attached hydrogens (tertiary/aromatic N) is 3. The molecule has 1 amide bonds. The highest BCUT2D eigenvalue weighted by molar-refractivity contribution is 5.93. The van der Waals surface area contributed by atoms with Gasteiger partial charge in [0.2, 0.25) is 0 Å². The van der Waals surface area contributed by atoms with E-state index in [-0.39, 0.29) is 5.91 Å². The van der Waals surface area contributed by atoms with Gasteiger partial charge in [-0.1, -0.05) is 13.8 Å². The number of aromatic nitrogens is 1. The van der Waals surface area contributed by atoms with Crippen molar-refractivity contribution in [3.63, 3.8) is 0 Å². The molecule has 5 heteroatoms. The van der Waals surface area contributed by atoms with Crippen LogP contribution in [-0.2, 0) is 0 Å². The fourth-order valence-corrected chi connectivity index (χ4v) is 2.62. The number of hydrogen-bond donors (Lipinski definition) is 0. The Morgan fingerprint density at radius 1 is 1.56 bits per heavy atom. The van der Waals surface area contributed by atoms with E-state index >= 15 is 0 Å². The number of likely N-dealkylation sites (N-methyl/N-ethyl adjacent to an activating group) is 1. The van der Waals surface area contributed by atoms with Crippen LogP contribution in [0.15, 0.2) is 10.8 Å². The molecule has 1 atom stereocenters. The molecule has 0 N–H and O–H groups in total. The van der Waals surface area contributed by atoms with Crippen LogP contribution in [0.3, 0.4) is 0 Å². The van der Waals surface area contributed by atoms with Crippen LogP contribution in [0.25, 0.3) is 0 Å². The van der Waals surface area contributed by atoms with Crippen LogP contribution in [-0.4, -0.2) is 52.9 Å². The van der Waals surface area contributed by atoms with E-state index in [0.29, 0.717) is 17.5 Å². The molecule has 1 unspecified atom stereocenters. The fourth-order valence-electron chi connectivity index (χ4n) is 2.62. The first kappa shape index (κ1) is 13.1. The van der Waals surface area contributed by atoms with Crippen molar-refractivity contribution in [2.75, 3.05) is 26.2 Å². The molecule has 0 aromatic carbocycles. The molecule has 0 saturated carbocycles. The molecule has 0 radical (unpaired) electrons. The van der Waals surface area contributed by atoms with E-state index in [1.807, 2.05) is 4.90 Å². The molecule has 1 aliphatic rings. The van der Waals surface area contributed by atoms with Gasteiger partial charge in [-0.2, -0.15) is 0 Å². The van der Waals surface area contributed by atoms with Gasteiger partial charge in [0.05, 0.1) is 0 Å². The van der Waals surface area contributed by atoms with Gasteiger partial charge in [0.15, 0.2) is 12.1 Å². The predicted octanol–water partition coefficient (Wildman–Crippen LogP) is 1.54. The summed E-state index contributed by atoms with van der Waals surface area (Å²) in [7, 11) is 0. The summed E-state index contributed by atoms with van der Waals surface area (Å²) in [6.45, 7) is 9.78. The van der Waals surface area contributed by atoms with E-state index in [0.717, 1.165) is 32.6 Å². The smallest absolute Gasteiger partial charge is 0.276 e. The lowest BCUT2D eigenvalue weighted by molar-refractivity contribution is 0.0771.